The summed E-state index contributed by atoms with van der Waals surface area (Å²) < 4.78 is 14.1. The predicted molar refractivity (Wildman–Crippen MR) is 88.1 cm³/mol. The number of nitrogens with two attached hydrogens (primary N) is 1. The van der Waals surface area contributed by atoms with Gasteiger partial charge in [-0.3, -0.25) is 0 Å². The second-order valence-electron chi connectivity index (χ2n) is 5.32. The van der Waals surface area contributed by atoms with Crippen LogP contribution in [0.1, 0.15) is 23.1 Å². The first-order valence-corrected chi connectivity index (χ1v) is 7.47. The van der Waals surface area contributed by atoms with E-state index in [9.17, 15) is 4.39 Å². The van der Waals surface area contributed by atoms with Gasteiger partial charge in [-0.25, -0.2) is 4.39 Å². The van der Waals surface area contributed by atoms with Gasteiger partial charge in [0.2, 0.25) is 0 Å². The van der Waals surface area contributed by atoms with Crippen LogP contribution in [-0.2, 0) is 13.0 Å². The van der Waals surface area contributed by atoms with E-state index in [1.54, 1.807) is 12.1 Å². The van der Waals surface area contributed by atoms with Gasteiger partial charge in [0.05, 0.1) is 0 Å². The average Bonchev–Trinajstić information content (AvgIpc) is 2.49. The molecule has 2 N–H and O–H groups in total. The van der Waals surface area contributed by atoms with Crippen molar-refractivity contribution in [2.24, 2.45) is 5.73 Å². The summed E-state index contributed by atoms with van der Waals surface area (Å²) in [5, 5.41) is 0. The lowest BCUT2D eigenvalue weighted by Gasteiger charge is -2.31. The molecule has 21 heavy (non-hydrogen) atoms. The van der Waals surface area contributed by atoms with Gasteiger partial charge >= 0.3 is 0 Å². The number of aryl methyl sites for hydroxylation is 1. The van der Waals surface area contributed by atoms with Crippen LogP contribution in [-0.4, -0.2) is 11.5 Å². The molecule has 0 bridgehead atoms. The standard InChI is InChI=1S/C17H17FN2S/c18-15-8-7-13(17(19)21)10-14(15)11-20-9-3-5-12-4-1-2-6-16(12)20/h1-2,4,6-8,10H,3,5,9,11H2,(H2,19,21). The third kappa shape index (κ3) is 2.90. The van der Waals surface area contributed by atoms with Crippen LogP contribution in [0, 0.1) is 5.82 Å². The number of hydrogen-bond acceptors (Lipinski definition) is 2. The lowest BCUT2D eigenvalue weighted by molar-refractivity contribution is 0.597. The number of rotatable bonds is 3. The van der Waals surface area contributed by atoms with Crippen LogP contribution in [0.25, 0.3) is 0 Å². The number of para-hydroxylation sites is 1. The molecule has 0 radical (unpaired) electrons. The molecule has 2 aromatic rings. The van der Waals surface area contributed by atoms with Crippen molar-refractivity contribution in [2.45, 2.75) is 19.4 Å². The highest BCUT2D eigenvalue weighted by atomic mass is 32.1. The van der Waals surface area contributed by atoms with Crippen LogP contribution in [0.4, 0.5) is 10.1 Å². The Morgan fingerprint density at radius 1 is 1.24 bits per heavy atom. The van der Waals surface area contributed by atoms with Crippen molar-refractivity contribution in [2.75, 3.05) is 11.4 Å². The van der Waals surface area contributed by atoms with E-state index in [-0.39, 0.29) is 5.82 Å². The molecule has 1 aliphatic heterocycles. The molecule has 2 nitrogen and oxygen atoms in total. The van der Waals surface area contributed by atoms with Crippen molar-refractivity contribution in [3.63, 3.8) is 0 Å². The summed E-state index contributed by atoms with van der Waals surface area (Å²) in [7, 11) is 0. The molecule has 0 saturated heterocycles. The van der Waals surface area contributed by atoms with E-state index in [1.807, 2.05) is 6.07 Å². The van der Waals surface area contributed by atoms with E-state index in [2.05, 4.69) is 23.1 Å². The zero-order valence-electron chi connectivity index (χ0n) is 11.7. The molecule has 2 aromatic carbocycles. The molecule has 0 unspecified atom stereocenters. The fourth-order valence-electron chi connectivity index (χ4n) is 2.83. The van der Waals surface area contributed by atoms with Gasteiger partial charge in [-0.15, -0.1) is 0 Å². The van der Waals surface area contributed by atoms with Gasteiger partial charge in [0.25, 0.3) is 0 Å². The molecular formula is C17H17FN2S. The maximum absolute atomic E-state index is 14.1. The molecule has 1 aliphatic rings. The number of halogens is 1. The van der Waals surface area contributed by atoms with Crippen LogP contribution in [0.2, 0.25) is 0 Å². The summed E-state index contributed by atoms with van der Waals surface area (Å²) in [5.41, 5.74) is 9.51. The number of benzene rings is 2. The van der Waals surface area contributed by atoms with E-state index in [4.69, 9.17) is 18.0 Å². The molecule has 3 rings (SSSR count). The summed E-state index contributed by atoms with van der Waals surface area (Å²) in [5.74, 6) is -0.210. The van der Waals surface area contributed by atoms with Gasteiger partial charge in [-0.1, -0.05) is 30.4 Å². The number of nitrogens with zero attached hydrogens (tertiary/aromatic N) is 1. The molecule has 4 heteroatoms. The Morgan fingerprint density at radius 3 is 2.86 bits per heavy atom. The fourth-order valence-corrected chi connectivity index (χ4v) is 2.96. The van der Waals surface area contributed by atoms with E-state index >= 15 is 0 Å². The first-order valence-electron chi connectivity index (χ1n) is 7.06. The Labute approximate surface area is 129 Å². The Balaban J connectivity index is 1.91. The van der Waals surface area contributed by atoms with E-state index in [1.165, 1.54) is 17.3 Å². The molecule has 0 saturated carbocycles. The summed E-state index contributed by atoms with van der Waals surface area (Å²) in [4.78, 5) is 2.52. The topological polar surface area (TPSA) is 29.3 Å². The van der Waals surface area contributed by atoms with Crippen molar-refractivity contribution < 1.29 is 4.39 Å². The molecule has 0 aromatic heterocycles. The van der Waals surface area contributed by atoms with Crippen LogP contribution >= 0.6 is 12.2 Å². The second-order valence-corrected chi connectivity index (χ2v) is 5.76. The Bertz CT molecular complexity index is 684. The van der Waals surface area contributed by atoms with Gasteiger partial charge in [0, 0.05) is 29.9 Å². The molecule has 0 fully saturated rings. The van der Waals surface area contributed by atoms with Crippen LogP contribution < -0.4 is 10.6 Å². The van der Waals surface area contributed by atoms with Crippen molar-refractivity contribution in [3.8, 4) is 0 Å². The van der Waals surface area contributed by atoms with Gasteiger partial charge in [0.15, 0.2) is 0 Å². The SMILES string of the molecule is NC(=S)c1ccc(F)c(CN2CCCc3ccccc32)c1. The normalized spacial score (nSPS) is 13.9. The minimum Gasteiger partial charge on any atom is -0.389 e. The highest BCUT2D eigenvalue weighted by Gasteiger charge is 2.18. The van der Waals surface area contributed by atoms with Gasteiger partial charge in [-0.2, -0.15) is 0 Å². The van der Waals surface area contributed by atoms with Crippen LogP contribution in [0.3, 0.4) is 0 Å². The first-order chi connectivity index (χ1) is 10.1. The predicted octanol–water partition coefficient (Wildman–Crippen LogP) is 3.41. The highest BCUT2D eigenvalue weighted by Crippen LogP contribution is 2.28. The molecule has 1 heterocycles. The number of hydrogen-bond donors (Lipinski definition) is 1. The summed E-state index contributed by atoms with van der Waals surface area (Å²) >= 11 is 4.97. The smallest absolute Gasteiger partial charge is 0.128 e. The maximum atomic E-state index is 14.1. The summed E-state index contributed by atoms with van der Waals surface area (Å²) in [6.45, 7) is 1.48. The number of fused-ring (bicyclic) bond motifs is 1. The molecule has 0 atom stereocenters. The largest absolute Gasteiger partial charge is 0.389 e. The van der Waals surface area contributed by atoms with E-state index < -0.39 is 0 Å². The first kappa shape index (κ1) is 14.0. The quantitative estimate of drug-likeness (QED) is 0.881. The van der Waals surface area contributed by atoms with Crippen molar-refractivity contribution in [1.29, 1.82) is 0 Å². The summed E-state index contributed by atoms with van der Waals surface area (Å²) in [6.07, 6.45) is 2.18. The maximum Gasteiger partial charge on any atom is 0.128 e. The Morgan fingerprint density at radius 2 is 2.05 bits per heavy atom. The van der Waals surface area contributed by atoms with E-state index in [0.717, 1.165) is 19.4 Å². The van der Waals surface area contributed by atoms with E-state index in [0.29, 0.717) is 22.7 Å². The Kier molecular flexibility index (Phi) is 3.88. The third-order valence-corrected chi connectivity index (χ3v) is 4.13. The lowest BCUT2D eigenvalue weighted by atomic mass is 10.0. The van der Waals surface area contributed by atoms with Gasteiger partial charge in [0.1, 0.15) is 10.8 Å². The summed E-state index contributed by atoms with van der Waals surface area (Å²) in [6, 6.07) is 13.2. The number of anilines is 1. The number of thiocarbonyl (C=S) groups is 1. The van der Waals surface area contributed by atoms with Crippen LogP contribution in [0.15, 0.2) is 42.5 Å². The Hall–Kier alpha value is -1.94. The van der Waals surface area contributed by atoms with Crippen molar-refractivity contribution >= 4 is 22.9 Å². The second kappa shape index (κ2) is 5.82. The minimum absolute atomic E-state index is 0.210. The van der Waals surface area contributed by atoms with Crippen molar-refractivity contribution in [1.82, 2.24) is 0 Å². The molecule has 0 aliphatic carbocycles. The molecule has 0 amide bonds. The minimum atomic E-state index is -0.210. The third-order valence-electron chi connectivity index (χ3n) is 3.90. The highest BCUT2D eigenvalue weighted by molar-refractivity contribution is 7.80. The zero-order chi connectivity index (χ0) is 14.8. The van der Waals surface area contributed by atoms with Gasteiger partial charge < -0.3 is 10.6 Å². The monoisotopic (exact) mass is 300 g/mol. The van der Waals surface area contributed by atoms with Crippen molar-refractivity contribution in [3.05, 3.63) is 65.0 Å². The fraction of sp³-hybridized carbons (Fsp3) is 0.235. The molecule has 0 spiro atoms. The lowest BCUT2D eigenvalue weighted by Crippen LogP contribution is -2.29. The molecule has 108 valence electrons. The van der Waals surface area contributed by atoms with Gasteiger partial charge in [-0.05, 0) is 42.7 Å². The average molecular weight is 300 g/mol. The zero-order valence-corrected chi connectivity index (χ0v) is 12.5. The molecular weight excluding hydrogens is 283 g/mol. The van der Waals surface area contributed by atoms with Crippen LogP contribution in [0.5, 0.6) is 0 Å².